The molecule has 0 bridgehead atoms. The summed E-state index contributed by atoms with van der Waals surface area (Å²) in [5.41, 5.74) is -0.0456. The van der Waals surface area contributed by atoms with Crippen molar-refractivity contribution in [1.82, 2.24) is 10.3 Å². The first kappa shape index (κ1) is 14.8. The minimum Gasteiger partial charge on any atom is -0.396 e. The third kappa shape index (κ3) is 4.21. The molecule has 2 N–H and O–H groups in total. The largest absolute Gasteiger partial charge is 0.396 e. The Kier molecular flexibility index (Phi) is 5.97. The van der Waals surface area contributed by atoms with E-state index in [1.165, 1.54) is 7.11 Å². The maximum Gasteiger partial charge on any atom is 0.254 e. The van der Waals surface area contributed by atoms with Crippen LogP contribution in [0.4, 0.5) is 4.39 Å². The van der Waals surface area contributed by atoms with Gasteiger partial charge in [-0.1, -0.05) is 11.6 Å². The number of halogens is 2. The van der Waals surface area contributed by atoms with Gasteiger partial charge in [0.25, 0.3) is 5.91 Å². The van der Waals surface area contributed by atoms with Crippen molar-refractivity contribution >= 4 is 17.5 Å². The molecule has 18 heavy (non-hydrogen) atoms. The molecule has 1 heterocycles. The molecule has 100 valence electrons. The lowest BCUT2D eigenvalue weighted by molar-refractivity contribution is 0.0878. The van der Waals surface area contributed by atoms with Gasteiger partial charge in [-0.3, -0.25) is 4.79 Å². The Labute approximate surface area is 109 Å². The van der Waals surface area contributed by atoms with Crippen LogP contribution in [0.3, 0.4) is 0 Å². The molecule has 0 fully saturated rings. The summed E-state index contributed by atoms with van der Waals surface area (Å²) in [5, 5.41) is 11.4. The summed E-state index contributed by atoms with van der Waals surface area (Å²) >= 11 is 5.71. The third-order valence-electron chi connectivity index (χ3n) is 2.23. The first-order valence-electron chi connectivity index (χ1n) is 5.30. The second-order valence-corrected chi connectivity index (χ2v) is 3.99. The first-order valence-corrected chi connectivity index (χ1v) is 5.68. The van der Waals surface area contributed by atoms with E-state index in [1.807, 2.05) is 0 Å². The van der Waals surface area contributed by atoms with Gasteiger partial charge < -0.3 is 15.2 Å². The Hall–Kier alpha value is -1.24. The van der Waals surface area contributed by atoms with E-state index in [1.54, 1.807) is 0 Å². The number of hydrogen-bond donors (Lipinski definition) is 2. The lowest BCUT2D eigenvalue weighted by Crippen LogP contribution is -2.38. The van der Waals surface area contributed by atoms with Crippen molar-refractivity contribution in [2.24, 2.45) is 0 Å². The van der Waals surface area contributed by atoms with Gasteiger partial charge in [-0.05, 0) is 12.5 Å². The Bertz CT molecular complexity index is 411. The molecule has 1 aromatic rings. The molecule has 0 saturated carbocycles. The highest BCUT2D eigenvalue weighted by Crippen LogP contribution is 2.13. The number of nitrogens with zero attached hydrogens (tertiary/aromatic N) is 1. The Morgan fingerprint density at radius 1 is 1.72 bits per heavy atom. The van der Waals surface area contributed by atoms with Crippen molar-refractivity contribution in [3.8, 4) is 0 Å². The highest BCUT2D eigenvalue weighted by atomic mass is 35.5. The number of methoxy groups -OCH3 is 1. The molecule has 0 radical (unpaired) electrons. The van der Waals surface area contributed by atoms with Crippen molar-refractivity contribution in [2.45, 2.75) is 12.5 Å². The molecule has 0 aliphatic heterocycles. The van der Waals surface area contributed by atoms with Crippen LogP contribution in [0, 0.1) is 5.82 Å². The zero-order chi connectivity index (χ0) is 13.5. The summed E-state index contributed by atoms with van der Waals surface area (Å²) < 4.78 is 17.9. The molecule has 1 atom stereocenters. The van der Waals surface area contributed by atoms with Gasteiger partial charge in [-0.2, -0.15) is 0 Å². The standard InChI is InChI=1S/C11H14ClFN2O3/c1-18-6-8(2-3-16)15-11(17)9-4-7(13)5-14-10(9)12/h4-5,8,16H,2-3,6H2,1H3,(H,15,17). The average molecular weight is 277 g/mol. The zero-order valence-electron chi connectivity index (χ0n) is 9.82. The lowest BCUT2D eigenvalue weighted by Gasteiger charge is -2.17. The van der Waals surface area contributed by atoms with E-state index in [4.69, 9.17) is 21.4 Å². The van der Waals surface area contributed by atoms with Gasteiger partial charge in [-0.25, -0.2) is 9.37 Å². The summed E-state index contributed by atoms with van der Waals surface area (Å²) in [6.07, 6.45) is 1.26. The second-order valence-electron chi connectivity index (χ2n) is 3.63. The number of carbonyl (C=O) groups is 1. The van der Waals surface area contributed by atoms with Crippen molar-refractivity contribution in [1.29, 1.82) is 0 Å². The predicted molar refractivity (Wildman–Crippen MR) is 64.0 cm³/mol. The third-order valence-corrected chi connectivity index (χ3v) is 2.53. The number of hydrogen-bond acceptors (Lipinski definition) is 4. The topological polar surface area (TPSA) is 71.5 Å². The Morgan fingerprint density at radius 3 is 3.06 bits per heavy atom. The van der Waals surface area contributed by atoms with E-state index in [2.05, 4.69) is 10.3 Å². The SMILES string of the molecule is COCC(CCO)NC(=O)c1cc(F)cnc1Cl. The predicted octanol–water partition coefficient (Wildman–Crippen LogP) is 1.00. The molecule has 7 heteroatoms. The van der Waals surface area contributed by atoms with Gasteiger partial charge in [0.1, 0.15) is 11.0 Å². The summed E-state index contributed by atoms with van der Waals surface area (Å²) in [4.78, 5) is 15.4. The maximum absolute atomic E-state index is 13.0. The number of nitrogens with one attached hydrogen (secondary N) is 1. The van der Waals surface area contributed by atoms with Gasteiger partial charge in [0.15, 0.2) is 0 Å². The highest BCUT2D eigenvalue weighted by Gasteiger charge is 2.17. The number of pyridine rings is 1. The molecule has 0 saturated heterocycles. The summed E-state index contributed by atoms with van der Waals surface area (Å²) in [5.74, 6) is -1.20. The molecule has 0 aromatic carbocycles. The van der Waals surface area contributed by atoms with Crippen molar-refractivity contribution in [3.05, 3.63) is 28.8 Å². The van der Waals surface area contributed by atoms with Crippen molar-refractivity contribution in [3.63, 3.8) is 0 Å². The monoisotopic (exact) mass is 276 g/mol. The average Bonchev–Trinajstić information content (AvgIpc) is 2.33. The molecule has 1 unspecified atom stereocenters. The van der Waals surface area contributed by atoms with E-state index in [0.29, 0.717) is 6.42 Å². The molecule has 0 aliphatic rings. The molecular formula is C11H14ClFN2O3. The van der Waals surface area contributed by atoms with Crippen LogP contribution in [0.2, 0.25) is 5.15 Å². The first-order chi connectivity index (χ1) is 8.58. The van der Waals surface area contributed by atoms with Crippen LogP contribution in [-0.2, 0) is 4.74 Å². The van der Waals surface area contributed by atoms with Gasteiger partial charge in [0, 0.05) is 13.7 Å². The minimum absolute atomic E-state index is 0.0456. The second kappa shape index (κ2) is 7.25. The van der Waals surface area contributed by atoms with Gasteiger partial charge >= 0.3 is 0 Å². The van der Waals surface area contributed by atoms with Crippen molar-refractivity contribution < 1.29 is 19.0 Å². The molecular weight excluding hydrogens is 263 g/mol. The summed E-state index contributed by atoms with van der Waals surface area (Å²) in [7, 11) is 1.48. The molecule has 0 aliphatic carbocycles. The number of amides is 1. The van der Waals surface area contributed by atoms with Crippen LogP contribution >= 0.6 is 11.6 Å². The molecule has 1 amide bonds. The van der Waals surface area contributed by atoms with Crippen LogP contribution in [0.1, 0.15) is 16.8 Å². The Balaban J connectivity index is 2.76. The number of aromatic nitrogens is 1. The number of aliphatic hydroxyl groups excluding tert-OH is 1. The number of ether oxygens (including phenoxy) is 1. The maximum atomic E-state index is 13.0. The molecule has 0 spiro atoms. The lowest BCUT2D eigenvalue weighted by atomic mass is 10.2. The van der Waals surface area contributed by atoms with E-state index >= 15 is 0 Å². The number of aliphatic hydroxyl groups is 1. The molecule has 1 aromatic heterocycles. The Morgan fingerprint density at radius 2 is 2.44 bits per heavy atom. The van der Waals surface area contributed by atoms with Crippen LogP contribution in [0.15, 0.2) is 12.3 Å². The molecule has 5 nitrogen and oxygen atoms in total. The zero-order valence-corrected chi connectivity index (χ0v) is 10.6. The van der Waals surface area contributed by atoms with Crippen LogP contribution in [0.25, 0.3) is 0 Å². The fourth-order valence-corrected chi connectivity index (χ4v) is 1.59. The van der Waals surface area contributed by atoms with E-state index < -0.39 is 11.7 Å². The summed E-state index contributed by atoms with van der Waals surface area (Å²) in [6, 6.07) is 0.639. The minimum atomic E-state index is -0.644. The fraction of sp³-hybridized carbons (Fsp3) is 0.455. The van der Waals surface area contributed by atoms with Crippen LogP contribution in [-0.4, -0.2) is 42.4 Å². The fourth-order valence-electron chi connectivity index (χ4n) is 1.40. The smallest absolute Gasteiger partial charge is 0.254 e. The van der Waals surface area contributed by atoms with Gasteiger partial charge in [0.2, 0.25) is 0 Å². The van der Waals surface area contributed by atoms with Gasteiger partial charge in [0.05, 0.1) is 24.4 Å². The summed E-state index contributed by atoms with van der Waals surface area (Å²) in [6.45, 7) is 0.149. The van der Waals surface area contributed by atoms with Gasteiger partial charge in [-0.15, -0.1) is 0 Å². The quantitative estimate of drug-likeness (QED) is 0.761. The number of carbonyl (C=O) groups excluding carboxylic acids is 1. The van der Waals surface area contributed by atoms with E-state index in [-0.39, 0.29) is 30.0 Å². The van der Waals surface area contributed by atoms with E-state index in [9.17, 15) is 9.18 Å². The van der Waals surface area contributed by atoms with Crippen LogP contribution < -0.4 is 5.32 Å². The number of rotatable bonds is 6. The normalized spacial score (nSPS) is 12.2. The van der Waals surface area contributed by atoms with Crippen LogP contribution in [0.5, 0.6) is 0 Å². The molecule has 1 rings (SSSR count). The highest BCUT2D eigenvalue weighted by molar-refractivity contribution is 6.32. The van der Waals surface area contributed by atoms with Crippen molar-refractivity contribution in [2.75, 3.05) is 20.3 Å². The van der Waals surface area contributed by atoms with E-state index in [0.717, 1.165) is 12.3 Å².